The van der Waals surface area contributed by atoms with Gasteiger partial charge in [0.25, 0.3) is 0 Å². The Bertz CT molecular complexity index is 616. The van der Waals surface area contributed by atoms with Crippen molar-refractivity contribution in [2.75, 3.05) is 0 Å². The summed E-state index contributed by atoms with van der Waals surface area (Å²) >= 11 is 3.51. The summed E-state index contributed by atoms with van der Waals surface area (Å²) in [6.45, 7) is 2.94. The molecular weight excluding hydrogens is 312 g/mol. The first-order valence-corrected chi connectivity index (χ1v) is 7.50. The first-order chi connectivity index (χ1) is 9.72. The summed E-state index contributed by atoms with van der Waals surface area (Å²) in [6, 6.07) is 18.6. The lowest BCUT2D eigenvalue weighted by atomic mass is 10.0. The lowest BCUT2D eigenvalue weighted by Gasteiger charge is -2.18. The van der Waals surface area contributed by atoms with Gasteiger partial charge in [0, 0.05) is 17.1 Å². The molecule has 2 rings (SSSR count). The van der Waals surface area contributed by atoms with Crippen LogP contribution in [0.5, 0.6) is 0 Å². The summed E-state index contributed by atoms with van der Waals surface area (Å²) in [7, 11) is 0. The maximum atomic E-state index is 8.92. The Labute approximate surface area is 128 Å². The van der Waals surface area contributed by atoms with E-state index in [9.17, 15) is 0 Å². The standard InChI is InChI=1S/C17H17BrN2/c1-2-17(15-7-4-8-16(18)10-15)20-12-14-6-3-5-13(9-14)11-19/h3-10,17,20H,2,12H2,1H3. The van der Waals surface area contributed by atoms with Gasteiger partial charge in [0.2, 0.25) is 0 Å². The number of nitrogens with one attached hydrogen (secondary N) is 1. The molecule has 0 heterocycles. The molecule has 0 radical (unpaired) electrons. The highest BCUT2D eigenvalue weighted by molar-refractivity contribution is 9.10. The molecule has 0 aliphatic rings. The van der Waals surface area contributed by atoms with E-state index in [1.807, 2.05) is 30.3 Å². The van der Waals surface area contributed by atoms with E-state index in [2.05, 4.69) is 52.4 Å². The number of hydrogen-bond acceptors (Lipinski definition) is 2. The third-order valence-corrected chi connectivity index (χ3v) is 3.76. The fourth-order valence-corrected chi connectivity index (χ4v) is 2.63. The summed E-state index contributed by atoms with van der Waals surface area (Å²) in [5.74, 6) is 0. The molecule has 0 spiro atoms. The zero-order valence-electron chi connectivity index (χ0n) is 11.4. The van der Waals surface area contributed by atoms with Crippen LogP contribution in [-0.2, 0) is 6.54 Å². The van der Waals surface area contributed by atoms with E-state index in [0.29, 0.717) is 11.6 Å². The minimum atomic E-state index is 0.318. The minimum absolute atomic E-state index is 0.318. The maximum absolute atomic E-state index is 8.92. The van der Waals surface area contributed by atoms with Crippen molar-refractivity contribution in [3.05, 3.63) is 69.7 Å². The summed E-state index contributed by atoms with van der Waals surface area (Å²) in [4.78, 5) is 0. The van der Waals surface area contributed by atoms with Crippen LogP contribution in [0.2, 0.25) is 0 Å². The molecule has 1 atom stereocenters. The van der Waals surface area contributed by atoms with Gasteiger partial charge in [-0.2, -0.15) is 5.26 Å². The highest BCUT2D eigenvalue weighted by atomic mass is 79.9. The Morgan fingerprint density at radius 3 is 2.70 bits per heavy atom. The molecule has 102 valence electrons. The van der Waals surface area contributed by atoms with Gasteiger partial charge in [-0.15, -0.1) is 0 Å². The highest BCUT2D eigenvalue weighted by Crippen LogP contribution is 2.21. The Morgan fingerprint density at radius 1 is 1.20 bits per heavy atom. The topological polar surface area (TPSA) is 35.8 Å². The summed E-state index contributed by atoms with van der Waals surface area (Å²) in [6.07, 6.45) is 1.02. The molecule has 0 aliphatic heterocycles. The monoisotopic (exact) mass is 328 g/mol. The molecule has 2 aromatic rings. The van der Waals surface area contributed by atoms with Gasteiger partial charge in [0.1, 0.15) is 0 Å². The predicted octanol–water partition coefficient (Wildman–Crippen LogP) is 4.56. The van der Waals surface area contributed by atoms with Gasteiger partial charge >= 0.3 is 0 Å². The number of rotatable bonds is 5. The largest absolute Gasteiger partial charge is 0.306 e. The molecule has 0 saturated carbocycles. The molecule has 0 saturated heterocycles. The fourth-order valence-electron chi connectivity index (χ4n) is 2.21. The number of halogens is 1. The number of benzene rings is 2. The van der Waals surface area contributed by atoms with Crippen molar-refractivity contribution in [2.24, 2.45) is 0 Å². The molecule has 2 nitrogen and oxygen atoms in total. The molecule has 0 aromatic heterocycles. The second kappa shape index (κ2) is 7.23. The summed E-state index contributed by atoms with van der Waals surface area (Å²) in [5, 5.41) is 12.5. The van der Waals surface area contributed by atoms with Crippen LogP contribution >= 0.6 is 15.9 Å². The summed E-state index contributed by atoms with van der Waals surface area (Å²) in [5.41, 5.74) is 3.12. The van der Waals surface area contributed by atoms with Crippen LogP contribution in [0, 0.1) is 11.3 Å². The van der Waals surface area contributed by atoms with Gasteiger partial charge in [0.15, 0.2) is 0 Å². The Morgan fingerprint density at radius 2 is 2.00 bits per heavy atom. The summed E-state index contributed by atoms with van der Waals surface area (Å²) < 4.78 is 1.10. The van der Waals surface area contributed by atoms with E-state index < -0.39 is 0 Å². The van der Waals surface area contributed by atoms with Crippen LogP contribution < -0.4 is 5.32 Å². The van der Waals surface area contributed by atoms with Gasteiger partial charge < -0.3 is 5.32 Å². The van der Waals surface area contributed by atoms with Gasteiger partial charge in [-0.25, -0.2) is 0 Å². The third-order valence-electron chi connectivity index (χ3n) is 3.27. The van der Waals surface area contributed by atoms with Crippen molar-refractivity contribution in [3.8, 4) is 6.07 Å². The van der Waals surface area contributed by atoms with Crippen molar-refractivity contribution in [2.45, 2.75) is 25.9 Å². The minimum Gasteiger partial charge on any atom is -0.306 e. The van der Waals surface area contributed by atoms with Crippen LogP contribution in [0.3, 0.4) is 0 Å². The first-order valence-electron chi connectivity index (χ1n) is 6.71. The van der Waals surface area contributed by atoms with Crippen LogP contribution in [0.25, 0.3) is 0 Å². The van der Waals surface area contributed by atoms with Gasteiger partial charge in [0.05, 0.1) is 11.6 Å². The van der Waals surface area contributed by atoms with Crippen molar-refractivity contribution >= 4 is 15.9 Å². The van der Waals surface area contributed by atoms with E-state index in [0.717, 1.165) is 23.0 Å². The SMILES string of the molecule is CCC(NCc1cccc(C#N)c1)c1cccc(Br)c1. The van der Waals surface area contributed by atoms with Crippen LogP contribution in [0.1, 0.15) is 36.1 Å². The van der Waals surface area contributed by atoms with Crippen molar-refractivity contribution in [3.63, 3.8) is 0 Å². The average Bonchev–Trinajstić information content (AvgIpc) is 2.48. The van der Waals surface area contributed by atoms with Gasteiger partial charge in [-0.05, 0) is 41.8 Å². The zero-order chi connectivity index (χ0) is 14.4. The average molecular weight is 329 g/mol. The second-order valence-corrected chi connectivity index (χ2v) is 5.62. The van der Waals surface area contributed by atoms with Crippen molar-refractivity contribution in [1.29, 1.82) is 5.26 Å². The second-order valence-electron chi connectivity index (χ2n) is 4.71. The predicted molar refractivity (Wildman–Crippen MR) is 85.2 cm³/mol. The number of nitrogens with zero attached hydrogens (tertiary/aromatic N) is 1. The van der Waals surface area contributed by atoms with Gasteiger partial charge in [-0.1, -0.05) is 47.1 Å². The molecule has 3 heteroatoms. The van der Waals surface area contributed by atoms with Crippen LogP contribution in [-0.4, -0.2) is 0 Å². The normalized spacial score (nSPS) is 11.8. The van der Waals surface area contributed by atoms with E-state index in [1.54, 1.807) is 0 Å². The van der Waals surface area contributed by atoms with Crippen molar-refractivity contribution < 1.29 is 0 Å². The molecule has 0 aliphatic carbocycles. The van der Waals surface area contributed by atoms with E-state index >= 15 is 0 Å². The lowest BCUT2D eigenvalue weighted by molar-refractivity contribution is 0.519. The first kappa shape index (κ1) is 14.8. The number of nitriles is 1. The molecule has 20 heavy (non-hydrogen) atoms. The smallest absolute Gasteiger partial charge is 0.0991 e. The molecule has 0 amide bonds. The zero-order valence-corrected chi connectivity index (χ0v) is 13.0. The third kappa shape index (κ3) is 3.93. The molecule has 0 fully saturated rings. The maximum Gasteiger partial charge on any atom is 0.0991 e. The van der Waals surface area contributed by atoms with Crippen LogP contribution in [0.4, 0.5) is 0 Å². The quantitative estimate of drug-likeness (QED) is 0.873. The van der Waals surface area contributed by atoms with E-state index in [1.165, 1.54) is 5.56 Å². The van der Waals surface area contributed by atoms with E-state index in [4.69, 9.17) is 5.26 Å². The molecule has 2 aromatic carbocycles. The molecule has 1 unspecified atom stereocenters. The Hall–Kier alpha value is -1.63. The lowest BCUT2D eigenvalue weighted by Crippen LogP contribution is -2.20. The molecule has 1 N–H and O–H groups in total. The van der Waals surface area contributed by atoms with Crippen molar-refractivity contribution in [1.82, 2.24) is 5.32 Å². The molecule has 0 bridgehead atoms. The van der Waals surface area contributed by atoms with Crippen LogP contribution in [0.15, 0.2) is 53.0 Å². The highest BCUT2D eigenvalue weighted by Gasteiger charge is 2.09. The Balaban J connectivity index is 2.06. The Kier molecular flexibility index (Phi) is 5.34. The fraction of sp³-hybridized carbons (Fsp3) is 0.235. The van der Waals surface area contributed by atoms with Gasteiger partial charge in [-0.3, -0.25) is 0 Å². The number of hydrogen-bond donors (Lipinski definition) is 1. The van der Waals surface area contributed by atoms with E-state index in [-0.39, 0.29) is 0 Å². The molecular formula is C17H17BrN2.